The first-order valence-corrected chi connectivity index (χ1v) is 11.8. The van der Waals surface area contributed by atoms with Crippen molar-refractivity contribution in [2.24, 2.45) is 0 Å². The number of aryl methyl sites for hydroxylation is 2. The Morgan fingerprint density at radius 2 is 1.93 bits per heavy atom. The predicted molar refractivity (Wildman–Crippen MR) is 123 cm³/mol. The molecule has 152 valence electrons. The number of amides is 1. The number of carbonyl (C=O) groups excluding carboxylic acids is 1. The van der Waals surface area contributed by atoms with Gasteiger partial charge in [0.25, 0.3) is 5.91 Å². The number of hydrogen-bond acceptors (Lipinski definition) is 3. The summed E-state index contributed by atoms with van der Waals surface area (Å²) in [6.07, 6.45) is 1.83. The molecule has 3 aromatic rings. The van der Waals surface area contributed by atoms with Crippen molar-refractivity contribution in [2.45, 2.75) is 32.6 Å². The van der Waals surface area contributed by atoms with Gasteiger partial charge in [0.2, 0.25) is 0 Å². The number of thiazole rings is 1. The highest BCUT2D eigenvalue weighted by atomic mass is 79.9. The van der Waals surface area contributed by atoms with Gasteiger partial charge in [-0.2, -0.15) is 0 Å². The van der Waals surface area contributed by atoms with Crippen molar-refractivity contribution >= 4 is 56.4 Å². The first kappa shape index (κ1) is 20.9. The van der Waals surface area contributed by atoms with E-state index in [1.165, 1.54) is 0 Å². The van der Waals surface area contributed by atoms with E-state index in [0.29, 0.717) is 16.0 Å². The van der Waals surface area contributed by atoms with Crippen LogP contribution in [0.25, 0.3) is 11.3 Å². The highest BCUT2D eigenvalue weighted by Crippen LogP contribution is 2.35. The highest BCUT2D eigenvalue weighted by Gasteiger charge is 2.29. The molecule has 2 aromatic heterocycles. The third-order valence-electron chi connectivity index (χ3n) is 5.38. The minimum atomic E-state index is 0.0906. The Hall–Kier alpha value is -1.34. The second kappa shape index (κ2) is 8.42. The maximum Gasteiger partial charge on any atom is 0.256 e. The number of rotatable bonds is 3. The van der Waals surface area contributed by atoms with E-state index in [2.05, 4.69) is 26.3 Å². The molecule has 0 atom stereocenters. The average Bonchev–Trinajstić information content (AvgIpc) is 3.29. The number of halogens is 3. The molecule has 1 aliphatic heterocycles. The van der Waals surface area contributed by atoms with Crippen molar-refractivity contribution in [3.8, 4) is 11.3 Å². The Morgan fingerprint density at radius 1 is 1.21 bits per heavy atom. The van der Waals surface area contributed by atoms with Crippen molar-refractivity contribution < 1.29 is 4.79 Å². The molecule has 29 heavy (non-hydrogen) atoms. The van der Waals surface area contributed by atoms with Crippen LogP contribution in [-0.4, -0.2) is 33.9 Å². The summed E-state index contributed by atoms with van der Waals surface area (Å²) >= 11 is 17.4. The Kier molecular flexibility index (Phi) is 6.07. The summed E-state index contributed by atoms with van der Waals surface area (Å²) in [6, 6.07) is 5.58. The van der Waals surface area contributed by atoms with Crippen LogP contribution in [-0.2, 0) is 0 Å². The van der Waals surface area contributed by atoms with E-state index in [4.69, 9.17) is 28.2 Å². The number of H-pyrrole nitrogens is 1. The van der Waals surface area contributed by atoms with Crippen LogP contribution in [0, 0.1) is 13.8 Å². The van der Waals surface area contributed by atoms with Crippen LogP contribution in [0.15, 0.2) is 28.1 Å². The van der Waals surface area contributed by atoms with Gasteiger partial charge in [-0.15, -0.1) is 11.3 Å². The van der Waals surface area contributed by atoms with Crippen LogP contribution in [0.4, 0.5) is 0 Å². The molecule has 0 spiro atoms. The van der Waals surface area contributed by atoms with Crippen molar-refractivity contribution in [3.63, 3.8) is 0 Å². The summed E-state index contributed by atoms with van der Waals surface area (Å²) in [5, 5.41) is 4.26. The summed E-state index contributed by atoms with van der Waals surface area (Å²) in [7, 11) is 0. The third kappa shape index (κ3) is 4.13. The zero-order valence-corrected chi connectivity index (χ0v) is 20.0. The molecule has 0 radical (unpaired) electrons. The van der Waals surface area contributed by atoms with Crippen molar-refractivity contribution in [1.82, 2.24) is 14.9 Å². The number of carbonyl (C=O) groups is 1. The molecule has 1 saturated heterocycles. The van der Waals surface area contributed by atoms with Gasteiger partial charge < -0.3 is 9.88 Å². The van der Waals surface area contributed by atoms with Crippen molar-refractivity contribution in [3.05, 3.63) is 60.1 Å². The van der Waals surface area contributed by atoms with Gasteiger partial charge in [0.05, 0.1) is 30.8 Å². The highest BCUT2D eigenvalue weighted by molar-refractivity contribution is 9.10. The van der Waals surface area contributed by atoms with Gasteiger partial charge in [-0.1, -0.05) is 29.3 Å². The molecule has 1 amide bonds. The summed E-state index contributed by atoms with van der Waals surface area (Å²) < 4.78 is 0.869. The minimum absolute atomic E-state index is 0.0906. The number of hydrogen-bond donors (Lipinski definition) is 1. The first-order valence-electron chi connectivity index (χ1n) is 9.40. The Bertz CT molecular complexity index is 1070. The van der Waals surface area contributed by atoms with E-state index >= 15 is 0 Å². The molecule has 4 rings (SSSR count). The van der Waals surface area contributed by atoms with E-state index in [1.807, 2.05) is 30.9 Å². The molecule has 4 nitrogen and oxygen atoms in total. The SMILES string of the molecule is Cc1[nH]c(C)c(C(=O)N2CCC(c3nc(-c4ccc(Cl)c(Cl)c4)cs3)CC2)c1Br. The molecule has 1 aromatic carbocycles. The zero-order chi connectivity index (χ0) is 20.7. The van der Waals surface area contributed by atoms with Gasteiger partial charge in [0, 0.05) is 41.3 Å². The van der Waals surface area contributed by atoms with Gasteiger partial charge in [0.15, 0.2) is 0 Å². The fraction of sp³-hybridized carbons (Fsp3) is 0.333. The van der Waals surface area contributed by atoms with Crippen LogP contribution in [0.3, 0.4) is 0 Å². The number of likely N-dealkylation sites (tertiary alicyclic amines) is 1. The molecule has 1 aliphatic rings. The molecule has 0 aliphatic carbocycles. The number of aromatic nitrogens is 2. The lowest BCUT2D eigenvalue weighted by Crippen LogP contribution is -2.38. The monoisotopic (exact) mass is 511 g/mol. The van der Waals surface area contributed by atoms with E-state index in [1.54, 1.807) is 17.4 Å². The average molecular weight is 513 g/mol. The molecule has 3 heterocycles. The zero-order valence-electron chi connectivity index (χ0n) is 16.1. The molecule has 0 unspecified atom stereocenters. The van der Waals surface area contributed by atoms with Gasteiger partial charge in [-0.25, -0.2) is 4.98 Å². The molecule has 0 saturated carbocycles. The largest absolute Gasteiger partial charge is 0.361 e. The van der Waals surface area contributed by atoms with Crippen LogP contribution >= 0.6 is 50.5 Å². The lowest BCUT2D eigenvalue weighted by molar-refractivity contribution is 0.0711. The van der Waals surface area contributed by atoms with Crippen LogP contribution in [0.2, 0.25) is 10.0 Å². The fourth-order valence-corrected chi connectivity index (χ4v) is 5.62. The number of nitrogens with zero attached hydrogens (tertiary/aromatic N) is 2. The van der Waals surface area contributed by atoms with Crippen molar-refractivity contribution in [2.75, 3.05) is 13.1 Å². The lowest BCUT2D eigenvalue weighted by Gasteiger charge is -2.31. The summed E-state index contributed by atoms with van der Waals surface area (Å²) in [6.45, 7) is 5.38. The Labute approximate surface area is 192 Å². The van der Waals surface area contributed by atoms with Gasteiger partial charge >= 0.3 is 0 Å². The second-order valence-electron chi connectivity index (χ2n) is 7.33. The minimum Gasteiger partial charge on any atom is -0.361 e. The third-order valence-corrected chi connectivity index (χ3v) is 8.12. The molecular formula is C21H20BrCl2N3OS. The molecular weight excluding hydrogens is 493 g/mol. The van der Waals surface area contributed by atoms with Gasteiger partial charge in [-0.05, 0) is 54.8 Å². The Balaban J connectivity index is 1.44. The maximum absolute atomic E-state index is 13.0. The topological polar surface area (TPSA) is 49.0 Å². The molecule has 1 N–H and O–H groups in total. The fourth-order valence-electron chi connectivity index (χ4n) is 3.76. The van der Waals surface area contributed by atoms with E-state index in [-0.39, 0.29) is 5.91 Å². The number of benzene rings is 1. The maximum atomic E-state index is 13.0. The summed E-state index contributed by atoms with van der Waals surface area (Å²) in [5.74, 6) is 0.464. The molecule has 1 fully saturated rings. The van der Waals surface area contributed by atoms with E-state index < -0.39 is 0 Å². The summed E-state index contributed by atoms with van der Waals surface area (Å²) in [4.78, 5) is 23.0. The number of piperidine rings is 1. The van der Waals surface area contributed by atoms with Crippen LogP contribution in [0.1, 0.15) is 45.5 Å². The second-order valence-corrected chi connectivity index (χ2v) is 9.83. The van der Waals surface area contributed by atoms with E-state index in [9.17, 15) is 4.79 Å². The van der Waals surface area contributed by atoms with Crippen LogP contribution < -0.4 is 0 Å². The number of nitrogens with one attached hydrogen (secondary N) is 1. The van der Waals surface area contributed by atoms with Gasteiger partial charge in [-0.3, -0.25) is 4.79 Å². The molecule has 0 bridgehead atoms. The first-order chi connectivity index (χ1) is 13.8. The predicted octanol–water partition coefficient (Wildman–Crippen LogP) is 6.84. The van der Waals surface area contributed by atoms with E-state index in [0.717, 1.165) is 63.6 Å². The van der Waals surface area contributed by atoms with Gasteiger partial charge in [0.1, 0.15) is 0 Å². The quantitative estimate of drug-likeness (QED) is 0.417. The van der Waals surface area contributed by atoms with Crippen molar-refractivity contribution in [1.29, 1.82) is 0 Å². The normalized spacial score (nSPS) is 15.1. The molecule has 8 heteroatoms. The summed E-state index contributed by atoms with van der Waals surface area (Å²) in [5.41, 5.74) is 4.53. The standard InChI is InChI=1S/C21H20BrCl2N3OS/c1-11-18(19(22)12(2)25-11)21(28)27-7-5-13(6-8-27)20-26-17(10-29-20)14-3-4-15(23)16(24)9-14/h3-4,9-10,13,25H,5-8H2,1-2H3. The Morgan fingerprint density at radius 3 is 2.55 bits per heavy atom. The van der Waals surface area contributed by atoms with Crippen LogP contribution in [0.5, 0.6) is 0 Å². The lowest BCUT2D eigenvalue weighted by atomic mass is 9.97. The number of aromatic amines is 1. The smallest absolute Gasteiger partial charge is 0.256 e.